The van der Waals surface area contributed by atoms with Gasteiger partial charge in [-0.15, -0.1) is 0 Å². The summed E-state index contributed by atoms with van der Waals surface area (Å²) in [4.78, 5) is 20.9. The highest BCUT2D eigenvalue weighted by Crippen LogP contribution is 2.45. The molecule has 34 heavy (non-hydrogen) atoms. The molecular weight excluding hydrogens is 461 g/mol. The van der Waals surface area contributed by atoms with Gasteiger partial charge in [0.15, 0.2) is 0 Å². The van der Waals surface area contributed by atoms with E-state index in [9.17, 15) is 14.3 Å². The number of benzene rings is 2. The zero-order valence-electron chi connectivity index (χ0n) is 20.3. The van der Waals surface area contributed by atoms with Crippen LogP contribution in [0.5, 0.6) is 5.75 Å². The Labute approximate surface area is 201 Å². The molecule has 9 nitrogen and oxygen atoms in total. The van der Waals surface area contributed by atoms with Gasteiger partial charge < -0.3 is 24.7 Å². The van der Waals surface area contributed by atoms with Gasteiger partial charge in [-0.05, 0) is 35.7 Å². The smallest absolute Gasteiger partial charge is 0.472 e. The Kier molecular flexibility index (Phi) is 12.7. The van der Waals surface area contributed by atoms with Crippen molar-refractivity contribution in [2.75, 3.05) is 40.9 Å². The summed E-state index contributed by atoms with van der Waals surface area (Å²) in [5.74, 6) is -0.217. The zero-order valence-corrected chi connectivity index (χ0v) is 21.2. The minimum absolute atomic E-state index is 0. The Balaban J connectivity index is 0.00000578. The number of carboxylic acid groups (broad SMARTS) is 1. The van der Waals surface area contributed by atoms with E-state index in [0.29, 0.717) is 17.5 Å². The van der Waals surface area contributed by atoms with Gasteiger partial charge in [-0.3, -0.25) is 13.8 Å². The minimum atomic E-state index is -4.30. The lowest BCUT2D eigenvalue weighted by atomic mass is 10.1. The SMILES string of the molecule is C[N+](C)(C)C[C@@H](CC(=O)O)OP(=O)(O)OCCCCCCCOc1ccc2ccccc2c1.[OH-]. The van der Waals surface area contributed by atoms with Crippen LogP contribution in [0.4, 0.5) is 0 Å². The highest BCUT2D eigenvalue weighted by Gasteiger charge is 2.31. The Hall–Kier alpha value is -2.00. The molecule has 0 aliphatic carbocycles. The first kappa shape index (κ1) is 30.0. The van der Waals surface area contributed by atoms with E-state index in [-0.39, 0.29) is 25.0 Å². The molecule has 0 aliphatic heterocycles. The number of rotatable bonds is 16. The molecule has 2 aromatic rings. The monoisotopic (exact) mass is 499 g/mol. The van der Waals surface area contributed by atoms with Crippen LogP contribution in [0.3, 0.4) is 0 Å². The first-order chi connectivity index (χ1) is 15.5. The molecule has 0 heterocycles. The van der Waals surface area contributed by atoms with Gasteiger partial charge in [0.05, 0.1) is 40.8 Å². The summed E-state index contributed by atoms with van der Waals surface area (Å²) in [6.45, 7) is 1.01. The second kappa shape index (κ2) is 14.4. The lowest BCUT2D eigenvalue weighted by Crippen LogP contribution is -2.42. The first-order valence-corrected chi connectivity index (χ1v) is 12.8. The van der Waals surface area contributed by atoms with E-state index in [1.807, 2.05) is 45.4 Å². The highest BCUT2D eigenvalue weighted by molar-refractivity contribution is 7.47. The van der Waals surface area contributed by atoms with E-state index >= 15 is 0 Å². The quantitative estimate of drug-likeness (QED) is 0.193. The molecule has 192 valence electrons. The van der Waals surface area contributed by atoms with Crippen molar-refractivity contribution in [1.82, 2.24) is 0 Å². The van der Waals surface area contributed by atoms with Crippen molar-refractivity contribution < 1.29 is 43.1 Å². The number of aliphatic carboxylic acids is 1. The van der Waals surface area contributed by atoms with Gasteiger partial charge in [0, 0.05) is 0 Å². The number of carboxylic acids is 1. The van der Waals surface area contributed by atoms with E-state index in [0.717, 1.165) is 36.8 Å². The third-order valence-electron chi connectivity index (χ3n) is 4.97. The summed E-state index contributed by atoms with van der Waals surface area (Å²) in [5.41, 5.74) is 0. The minimum Gasteiger partial charge on any atom is -0.870 e. The number of ether oxygens (including phenoxy) is 1. The van der Waals surface area contributed by atoms with E-state index in [2.05, 4.69) is 18.2 Å². The van der Waals surface area contributed by atoms with E-state index in [1.165, 1.54) is 5.39 Å². The van der Waals surface area contributed by atoms with Crippen molar-refractivity contribution in [3.05, 3.63) is 42.5 Å². The molecule has 0 spiro atoms. The van der Waals surface area contributed by atoms with Crippen LogP contribution in [-0.4, -0.2) is 72.9 Å². The number of nitrogens with zero attached hydrogens (tertiary/aromatic N) is 1. The Morgan fingerprint density at radius 3 is 2.24 bits per heavy atom. The third-order valence-corrected chi connectivity index (χ3v) is 6.04. The molecule has 3 N–H and O–H groups in total. The van der Waals surface area contributed by atoms with E-state index < -0.39 is 19.9 Å². The molecule has 1 unspecified atom stereocenters. The average molecular weight is 500 g/mol. The molecule has 0 saturated carbocycles. The lowest BCUT2D eigenvalue weighted by Gasteiger charge is -2.29. The van der Waals surface area contributed by atoms with Gasteiger partial charge in [0.2, 0.25) is 0 Å². The maximum Gasteiger partial charge on any atom is 0.472 e. The molecule has 10 heteroatoms. The number of phosphoric ester groups is 1. The molecule has 0 aromatic heterocycles. The van der Waals surface area contributed by atoms with Gasteiger partial charge in [0.1, 0.15) is 18.4 Å². The lowest BCUT2D eigenvalue weighted by molar-refractivity contribution is -0.873. The van der Waals surface area contributed by atoms with Crippen LogP contribution in [0.25, 0.3) is 10.8 Å². The molecule has 0 saturated heterocycles. The predicted molar refractivity (Wildman–Crippen MR) is 130 cm³/mol. The van der Waals surface area contributed by atoms with E-state index in [1.54, 1.807) is 0 Å². The van der Waals surface area contributed by atoms with Crippen molar-refractivity contribution in [3.8, 4) is 5.75 Å². The number of carbonyl (C=O) groups is 1. The topological polar surface area (TPSA) is 132 Å². The van der Waals surface area contributed by atoms with Crippen molar-refractivity contribution in [3.63, 3.8) is 0 Å². The van der Waals surface area contributed by atoms with Gasteiger partial charge >= 0.3 is 13.8 Å². The second-order valence-electron chi connectivity index (χ2n) is 9.23. The molecule has 0 amide bonds. The van der Waals surface area contributed by atoms with E-state index in [4.69, 9.17) is 18.9 Å². The van der Waals surface area contributed by atoms with Gasteiger partial charge in [0.25, 0.3) is 0 Å². The number of phosphoric acid groups is 1. The van der Waals surface area contributed by atoms with Crippen LogP contribution in [0.15, 0.2) is 42.5 Å². The van der Waals surface area contributed by atoms with Crippen molar-refractivity contribution in [2.24, 2.45) is 0 Å². The zero-order chi connectivity index (χ0) is 24.3. The van der Waals surface area contributed by atoms with Crippen LogP contribution >= 0.6 is 7.82 Å². The van der Waals surface area contributed by atoms with Gasteiger partial charge in [-0.2, -0.15) is 0 Å². The average Bonchev–Trinajstić information content (AvgIpc) is 2.70. The molecular formula is C24H38NO8P. The molecule has 2 atom stereocenters. The van der Waals surface area contributed by atoms with Crippen LogP contribution in [0.2, 0.25) is 0 Å². The molecule has 0 bridgehead atoms. The van der Waals surface area contributed by atoms with Crippen LogP contribution < -0.4 is 4.74 Å². The highest BCUT2D eigenvalue weighted by atomic mass is 31.2. The summed E-state index contributed by atoms with van der Waals surface area (Å²) in [7, 11) is 1.26. The van der Waals surface area contributed by atoms with Gasteiger partial charge in [-0.1, -0.05) is 49.6 Å². The summed E-state index contributed by atoms with van der Waals surface area (Å²) < 4.78 is 28.6. The molecule has 0 radical (unpaired) electrons. The number of quaternary nitrogens is 1. The summed E-state index contributed by atoms with van der Waals surface area (Å²) >= 11 is 0. The first-order valence-electron chi connectivity index (χ1n) is 11.3. The molecule has 2 rings (SSSR count). The normalized spacial score (nSPS) is 14.2. The number of unbranched alkanes of at least 4 members (excludes halogenated alkanes) is 4. The van der Waals surface area contributed by atoms with Crippen LogP contribution in [0.1, 0.15) is 38.5 Å². The number of hydrogen-bond acceptors (Lipinski definition) is 6. The Morgan fingerprint density at radius 1 is 0.971 bits per heavy atom. The molecule has 0 aliphatic rings. The molecule has 0 fully saturated rings. The predicted octanol–water partition coefficient (Wildman–Crippen LogP) is 4.68. The Bertz CT molecular complexity index is 931. The molecule has 2 aromatic carbocycles. The second-order valence-corrected chi connectivity index (χ2v) is 10.6. The number of hydrogen-bond donors (Lipinski definition) is 2. The van der Waals surface area contributed by atoms with Crippen molar-refractivity contribution in [2.45, 2.75) is 44.6 Å². The fraction of sp³-hybridized carbons (Fsp3) is 0.542. The third kappa shape index (κ3) is 12.5. The fourth-order valence-electron chi connectivity index (χ4n) is 3.52. The van der Waals surface area contributed by atoms with Crippen molar-refractivity contribution in [1.29, 1.82) is 0 Å². The standard InChI is InChI=1S/C24H36NO7P.H2O/c1-25(2,3)19-23(18-24(26)27)32-33(28,29)31-16-10-6-4-5-9-15-30-22-14-13-20-11-7-8-12-21(20)17-22;/h7-8,11-14,17,23H,4-6,9-10,15-16,18-19H2,1-3H3,(H-,26,27,28,29);1H2/t23-;/m1./s1. The summed E-state index contributed by atoms with van der Waals surface area (Å²) in [6, 6.07) is 14.3. The van der Waals surface area contributed by atoms with Crippen molar-refractivity contribution >= 4 is 24.6 Å². The number of fused-ring (bicyclic) bond motifs is 1. The fourth-order valence-corrected chi connectivity index (χ4v) is 4.46. The largest absolute Gasteiger partial charge is 0.870 e. The van der Waals surface area contributed by atoms with Gasteiger partial charge in [-0.25, -0.2) is 4.57 Å². The van der Waals surface area contributed by atoms with Crippen LogP contribution in [0, 0.1) is 0 Å². The maximum absolute atomic E-state index is 12.2. The maximum atomic E-state index is 12.2. The summed E-state index contributed by atoms with van der Waals surface area (Å²) in [5, 5.41) is 11.4. The number of likely N-dealkylation sites (N-methyl/N-ethyl adjacent to an activating group) is 1. The van der Waals surface area contributed by atoms with Crippen LogP contribution in [-0.2, 0) is 18.4 Å². The Morgan fingerprint density at radius 2 is 1.59 bits per heavy atom. The summed E-state index contributed by atoms with van der Waals surface area (Å²) in [6.07, 6.45) is 3.10.